The highest BCUT2D eigenvalue weighted by atomic mass is 16.5. The lowest BCUT2D eigenvalue weighted by molar-refractivity contribution is -0.143. The summed E-state index contributed by atoms with van der Waals surface area (Å²) >= 11 is 0. The number of carbonyl (C=O) groups is 2. The fraction of sp³-hybridized carbons (Fsp3) is 0.520. The molecule has 33 heavy (non-hydrogen) atoms. The van der Waals surface area contributed by atoms with Crippen LogP contribution in [0.2, 0.25) is 0 Å². The van der Waals surface area contributed by atoms with Crippen LogP contribution in [0.3, 0.4) is 0 Å². The van der Waals surface area contributed by atoms with Crippen LogP contribution in [0, 0.1) is 11.8 Å². The van der Waals surface area contributed by atoms with E-state index in [0.29, 0.717) is 38.6 Å². The number of hydrogen-bond donors (Lipinski definition) is 0. The maximum absolute atomic E-state index is 12.9. The van der Waals surface area contributed by atoms with Crippen LogP contribution in [0.5, 0.6) is 5.75 Å². The molecule has 0 saturated carbocycles. The Balaban J connectivity index is 1.56. The van der Waals surface area contributed by atoms with Crippen molar-refractivity contribution in [3.8, 4) is 17.0 Å². The van der Waals surface area contributed by atoms with Gasteiger partial charge < -0.3 is 19.4 Å². The van der Waals surface area contributed by atoms with E-state index in [1.54, 1.807) is 12.0 Å². The Morgan fingerprint density at radius 1 is 0.970 bits per heavy atom. The first-order valence-corrected chi connectivity index (χ1v) is 11.6. The second kappa shape index (κ2) is 11.1. The summed E-state index contributed by atoms with van der Waals surface area (Å²) in [5, 5.41) is 8.78. The number of anilines is 1. The molecule has 1 aromatic carbocycles. The molecule has 3 rings (SSSR count). The van der Waals surface area contributed by atoms with Gasteiger partial charge in [-0.05, 0) is 42.3 Å². The van der Waals surface area contributed by atoms with E-state index in [4.69, 9.17) is 4.74 Å². The number of nitrogens with zero attached hydrogens (tertiary/aromatic N) is 5. The smallest absolute Gasteiger partial charge is 0.242 e. The van der Waals surface area contributed by atoms with E-state index in [1.807, 2.05) is 55.1 Å². The Bertz CT molecular complexity index is 920. The normalized spacial score (nSPS) is 14.0. The number of aromatic nitrogens is 2. The summed E-state index contributed by atoms with van der Waals surface area (Å²) in [6, 6.07) is 11.6. The molecular formula is C25H35N5O3. The molecule has 0 aliphatic carbocycles. The van der Waals surface area contributed by atoms with Crippen molar-refractivity contribution in [1.82, 2.24) is 20.0 Å². The van der Waals surface area contributed by atoms with Gasteiger partial charge in [-0.15, -0.1) is 10.2 Å². The van der Waals surface area contributed by atoms with E-state index in [2.05, 4.69) is 28.9 Å². The standard InChI is InChI=1S/C25H35N5O3/c1-18(2)16-30(25(32)19(3)4)17-24(31)29-14-12-28(13-15-29)23-11-10-22(26-27-23)20-6-8-21(33-5)9-7-20/h6-11,18-19H,12-17H2,1-5H3. The van der Waals surface area contributed by atoms with Gasteiger partial charge in [0.1, 0.15) is 5.75 Å². The van der Waals surface area contributed by atoms with Crippen LogP contribution in [0.1, 0.15) is 27.7 Å². The van der Waals surface area contributed by atoms with Crippen molar-refractivity contribution in [1.29, 1.82) is 0 Å². The number of piperazine rings is 1. The zero-order valence-corrected chi connectivity index (χ0v) is 20.3. The average molecular weight is 454 g/mol. The molecule has 1 aromatic heterocycles. The van der Waals surface area contributed by atoms with Crippen LogP contribution in [0.25, 0.3) is 11.3 Å². The van der Waals surface area contributed by atoms with Gasteiger partial charge in [-0.3, -0.25) is 9.59 Å². The van der Waals surface area contributed by atoms with E-state index in [-0.39, 0.29) is 24.3 Å². The molecule has 2 heterocycles. The monoisotopic (exact) mass is 453 g/mol. The molecule has 0 radical (unpaired) electrons. The van der Waals surface area contributed by atoms with Crippen molar-refractivity contribution in [2.45, 2.75) is 27.7 Å². The largest absolute Gasteiger partial charge is 0.497 e. The number of hydrogen-bond acceptors (Lipinski definition) is 6. The fourth-order valence-electron chi connectivity index (χ4n) is 3.90. The van der Waals surface area contributed by atoms with Crippen molar-refractivity contribution in [3.63, 3.8) is 0 Å². The van der Waals surface area contributed by atoms with Crippen LogP contribution in [-0.2, 0) is 9.59 Å². The number of methoxy groups -OCH3 is 1. The Morgan fingerprint density at radius 2 is 1.64 bits per heavy atom. The molecule has 8 nitrogen and oxygen atoms in total. The third-order valence-electron chi connectivity index (χ3n) is 5.71. The van der Waals surface area contributed by atoms with Gasteiger partial charge in [0.2, 0.25) is 11.8 Å². The minimum absolute atomic E-state index is 0.00485. The van der Waals surface area contributed by atoms with Crippen molar-refractivity contribution < 1.29 is 14.3 Å². The third kappa shape index (κ3) is 6.43. The molecule has 2 aromatic rings. The van der Waals surface area contributed by atoms with Crippen LogP contribution < -0.4 is 9.64 Å². The van der Waals surface area contributed by atoms with Gasteiger partial charge >= 0.3 is 0 Å². The van der Waals surface area contributed by atoms with Gasteiger partial charge in [0.25, 0.3) is 0 Å². The molecule has 0 atom stereocenters. The number of ether oxygens (including phenoxy) is 1. The van der Waals surface area contributed by atoms with Crippen molar-refractivity contribution in [2.75, 3.05) is 51.3 Å². The van der Waals surface area contributed by atoms with Crippen molar-refractivity contribution in [2.24, 2.45) is 11.8 Å². The van der Waals surface area contributed by atoms with Crippen LogP contribution in [0.4, 0.5) is 5.82 Å². The summed E-state index contributed by atoms with van der Waals surface area (Å²) in [5.41, 5.74) is 1.78. The van der Waals surface area contributed by atoms with Gasteiger partial charge in [-0.1, -0.05) is 27.7 Å². The number of rotatable bonds is 8. The first kappa shape index (κ1) is 24.5. The summed E-state index contributed by atoms with van der Waals surface area (Å²) < 4.78 is 5.20. The van der Waals surface area contributed by atoms with Gasteiger partial charge in [0, 0.05) is 44.2 Å². The van der Waals surface area contributed by atoms with Gasteiger partial charge in [-0.2, -0.15) is 0 Å². The number of carbonyl (C=O) groups excluding carboxylic acids is 2. The van der Waals surface area contributed by atoms with E-state index in [0.717, 1.165) is 22.8 Å². The molecule has 178 valence electrons. The maximum Gasteiger partial charge on any atom is 0.242 e. The summed E-state index contributed by atoms with van der Waals surface area (Å²) in [6.07, 6.45) is 0. The second-order valence-electron chi connectivity index (χ2n) is 9.14. The first-order chi connectivity index (χ1) is 15.8. The molecule has 0 spiro atoms. The predicted molar refractivity (Wildman–Crippen MR) is 129 cm³/mol. The summed E-state index contributed by atoms with van der Waals surface area (Å²) in [4.78, 5) is 31.1. The molecule has 2 amide bonds. The Hall–Kier alpha value is -3.16. The molecule has 1 aliphatic heterocycles. The number of amides is 2. The fourth-order valence-corrected chi connectivity index (χ4v) is 3.90. The van der Waals surface area contributed by atoms with Crippen LogP contribution in [-0.4, -0.2) is 78.2 Å². The second-order valence-corrected chi connectivity index (χ2v) is 9.14. The lowest BCUT2D eigenvalue weighted by Crippen LogP contribution is -2.52. The van der Waals surface area contributed by atoms with E-state index in [9.17, 15) is 9.59 Å². The minimum Gasteiger partial charge on any atom is -0.497 e. The minimum atomic E-state index is -0.118. The van der Waals surface area contributed by atoms with E-state index < -0.39 is 0 Å². The van der Waals surface area contributed by atoms with Gasteiger partial charge in [-0.25, -0.2) is 0 Å². The Morgan fingerprint density at radius 3 is 2.15 bits per heavy atom. The highest BCUT2D eigenvalue weighted by Gasteiger charge is 2.26. The highest BCUT2D eigenvalue weighted by Crippen LogP contribution is 2.22. The molecule has 0 bridgehead atoms. The van der Waals surface area contributed by atoms with Gasteiger partial charge in [0.15, 0.2) is 5.82 Å². The van der Waals surface area contributed by atoms with Crippen LogP contribution >= 0.6 is 0 Å². The van der Waals surface area contributed by atoms with E-state index >= 15 is 0 Å². The molecule has 0 N–H and O–H groups in total. The highest BCUT2D eigenvalue weighted by molar-refractivity contribution is 5.85. The maximum atomic E-state index is 12.9. The van der Waals surface area contributed by atoms with Gasteiger partial charge in [0.05, 0.1) is 19.3 Å². The van der Waals surface area contributed by atoms with E-state index in [1.165, 1.54) is 0 Å². The zero-order valence-electron chi connectivity index (χ0n) is 20.3. The summed E-state index contributed by atoms with van der Waals surface area (Å²) in [6.45, 7) is 11.2. The zero-order chi connectivity index (χ0) is 24.0. The SMILES string of the molecule is COc1ccc(-c2ccc(N3CCN(C(=O)CN(CC(C)C)C(=O)C(C)C)CC3)nn2)cc1. The number of benzene rings is 1. The van der Waals surface area contributed by atoms with Crippen molar-refractivity contribution >= 4 is 17.6 Å². The average Bonchev–Trinajstić information content (AvgIpc) is 2.83. The molecular weight excluding hydrogens is 418 g/mol. The quantitative estimate of drug-likeness (QED) is 0.612. The summed E-state index contributed by atoms with van der Waals surface area (Å²) in [5.74, 6) is 1.84. The molecule has 1 fully saturated rings. The predicted octanol–water partition coefficient (Wildman–Crippen LogP) is 2.94. The lowest BCUT2D eigenvalue weighted by atomic mass is 10.1. The molecule has 8 heteroatoms. The lowest BCUT2D eigenvalue weighted by Gasteiger charge is -2.36. The molecule has 1 aliphatic rings. The van der Waals surface area contributed by atoms with Crippen LogP contribution in [0.15, 0.2) is 36.4 Å². The third-order valence-corrected chi connectivity index (χ3v) is 5.71. The Labute approximate surface area is 196 Å². The first-order valence-electron chi connectivity index (χ1n) is 11.6. The Kier molecular flexibility index (Phi) is 8.25. The molecule has 1 saturated heterocycles. The summed E-state index contributed by atoms with van der Waals surface area (Å²) in [7, 11) is 1.64. The van der Waals surface area contributed by atoms with Crippen molar-refractivity contribution in [3.05, 3.63) is 36.4 Å². The topological polar surface area (TPSA) is 78.9 Å². The molecule has 0 unspecified atom stereocenters.